The molecule has 0 aromatic carbocycles. The maximum Gasteiger partial charge on any atom is 0.156 e. The summed E-state index contributed by atoms with van der Waals surface area (Å²) in [6.07, 6.45) is 3.72. The van der Waals surface area contributed by atoms with Gasteiger partial charge in [-0.15, -0.1) is 0 Å². The van der Waals surface area contributed by atoms with Crippen molar-refractivity contribution in [3.63, 3.8) is 0 Å². The van der Waals surface area contributed by atoms with Gasteiger partial charge in [0.05, 0.1) is 17.6 Å². The molecule has 0 saturated carbocycles. The fourth-order valence-corrected chi connectivity index (χ4v) is 4.12. The smallest absolute Gasteiger partial charge is 0.156 e. The van der Waals surface area contributed by atoms with Gasteiger partial charge in [0.15, 0.2) is 9.84 Å². The molecule has 0 spiro atoms. The van der Waals surface area contributed by atoms with Crippen LogP contribution in [0.4, 0.5) is 0 Å². The molecule has 0 aliphatic carbocycles. The monoisotopic (exact) mass is 232 g/mol. The van der Waals surface area contributed by atoms with Gasteiger partial charge in [0.2, 0.25) is 0 Å². The van der Waals surface area contributed by atoms with Crippen LogP contribution in [0.3, 0.4) is 0 Å². The van der Waals surface area contributed by atoms with Crippen molar-refractivity contribution >= 4 is 9.84 Å². The molecule has 2 atom stereocenters. The molecule has 2 aliphatic rings. The lowest BCUT2D eigenvalue weighted by Crippen LogP contribution is -2.39. The fourth-order valence-electron chi connectivity index (χ4n) is 2.16. The third-order valence-electron chi connectivity index (χ3n) is 3.00. The van der Waals surface area contributed by atoms with E-state index < -0.39 is 21.2 Å². The second-order valence-electron chi connectivity index (χ2n) is 4.09. The summed E-state index contributed by atoms with van der Waals surface area (Å²) in [4.78, 5) is 0. The van der Waals surface area contributed by atoms with E-state index >= 15 is 0 Å². The normalized spacial score (nSPS) is 31.8. The predicted octanol–water partition coefficient (Wildman–Crippen LogP) is 0.619. The zero-order valence-corrected chi connectivity index (χ0v) is 9.37. The fraction of sp³-hybridized carbons (Fsp3) is 0.800. The van der Waals surface area contributed by atoms with Crippen LogP contribution in [0.15, 0.2) is 11.8 Å². The molecule has 1 saturated heterocycles. The molecule has 1 N–H and O–H groups in total. The van der Waals surface area contributed by atoms with Gasteiger partial charge >= 0.3 is 0 Å². The molecule has 0 aromatic rings. The third-order valence-corrected chi connectivity index (χ3v) is 5.28. The molecular weight excluding hydrogens is 216 g/mol. The number of hydrogen-bond acceptors (Lipinski definition) is 4. The first-order valence-corrected chi connectivity index (χ1v) is 7.05. The van der Waals surface area contributed by atoms with Crippen LogP contribution >= 0.6 is 0 Å². The molecule has 2 aliphatic heterocycles. The number of sulfone groups is 1. The largest absolute Gasteiger partial charge is 0.495 e. The Kier molecular flexibility index (Phi) is 3.02. The highest BCUT2D eigenvalue weighted by atomic mass is 32.2. The second kappa shape index (κ2) is 4.14. The summed E-state index contributed by atoms with van der Waals surface area (Å²) in [7, 11) is -3.13. The summed E-state index contributed by atoms with van der Waals surface area (Å²) in [5, 5.41) is 9.28. The average Bonchev–Trinajstić information content (AvgIpc) is 2.69. The van der Waals surface area contributed by atoms with E-state index in [1.165, 1.54) is 0 Å². The minimum absolute atomic E-state index is 0.196. The van der Waals surface area contributed by atoms with Crippen LogP contribution in [-0.2, 0) is 14.6 Å². The lowest BCUT2D eigenvalue weighted by molar-refractivity contribution is 0.111. The molecule has 4 nitrogen and oxygen atoms in total. The second-order valence-corrected chi connectivity index (χ2v) is 6.43. The quantitative estimate of drug-likeness (QED) is 0.758. The van der Waals surface area contributed by atoms with Gasteiger partial charge in [-0.05, 0) is 18.9 Å². The molecule has 2 unspecified atom stereocenters. The van der Waals surface area contributed by atoms with Crippen molar-refractivity contribution in [2.24, 2.45) is 0 Å². The Bertz CT molecular complexity index is 358. The van der Waals surface area contributed by atoms with Crippen molar-refractivity contribution in [1.82, 2.24) is 0 Å². The summed E-state index contributed by atoms with van der Waals surface area (Å²) in [6.45, 7) is 0.555. The van der Waals surface area contributed by atoms with Gasteiger partial charge in [-0.3, -0.25) is 0 Å². The molecule has 5 heteroatoms. The van der Waals surface area contributed by atoms with Crippen molar-refractivity contribution in [2.45, 2.75) is 37.0 Å². The summed E-state index contributed by atoms with van der Waals surface area (Å²) < 4.78 is 28.7. The number of ether oxygens (including phenoxy) is 1. The number of aliphatic hydroxyl groups excluding tert-OH is 1. The van der Waals surface area contributed by atoms with E-state index in [9.17, 15) is 13.5 Å². The molecule has 2 heterocycles. The molecule has 86 valence electrons. The van der Waals surface area contributed by atoms with Crippen molar-refractivity contribution in [1.29, 1.82) is 0 Å². The molecule has 0 amide bonds. The number of rotatable bonds is 2. The minimum atomic E-state index is -3.13. The highest BCUT2D eigenvalue weighted by Gasteiger charge is 2.37. The summed E-state index contributed by atoms with van der Waals surface area (Å²) >= 11 is 0. The third kappa shape index (κ3) is 2.18. The number of hydrogen-bond donors (Lipinski definition) is 1. The lowest BCUT2D eigenvalue weighted by atomic mass is 10.1. The lowest BCUT2D eigenvalue weighted by Gasteiger charge is -2.26. The molecule has 0 bridgehead atoms. The van der Waals surface area contributed by atoms with Crippen molar-refractivity contribution in [2.75, 3.05) is 12.4 Å². The Morgan fingerprint density at radius 2 is 2.27 bits per heavy atom. The molecule has 1 fully saturated rings. The minimum Gasteiger partial charge on any atom is -0.495 e. The van der Waals surface area contributed by atoms with Crippen LogP contribution in [0.25, 0.3) is 0 Å². The first kappa shape index (κ1) is 11.0. The molecule has 2 rings (SSSR count). The van der Waals surface area contributed by atoms with Gasteiger partial charge in [0, 0.05) is 6.42 Å². The molecule has 0 aromatic heterocycles. The van der Waals surface area contributed by atoms with Crippen LogP contribution in [0.5, 0.6) is 0 Å². The van der Waals surface area contributed by atoms with Gasteiger partial charge in [-0.2, -0.15) is 0 Å². The van der Waals surface area contributed by atoms with Crippen molar-refractivity contribution in [3.05, 3.63) is 11.8 Å². The Labute approximate surface area is 89.9 Å². The van der Waals surface area contributed by atoms with E-state index in [1.54, 1.807) is 6.08 Å². The summed E-state index contributed by atoms with van der Waals surface area (Å²) in [6, 6.07) is 0. The highest BCUT2D eigenvalue weighted by Crippen LogP contribution is 2.27. The van der Waals surface area contributed by atoms with E-state index in [4.69, 9.17) is 4.74 Å². The van der Waals surface area contributed by atoms with Gasteiger partial charge < -0.3 is 9.84 Å². The van der Waals surface area contributed by atoms with Gasteiger partial charge in [0.25, 0.3) is 0 Å². The van der Waals surface area contributed by atoms with Crippen LogP contribution in [-0.4, -0.2) is 37.2 Å². The number of aliphatic hydroxyl groups is 1. The van der Waals surface area contributed by atoms with Crippen LogP contribution < -0.4 is 0 Å². The van der Waals surface area contributed by atoms with Crippen molar-refractivity contribution in [3.8, 4) is 0 Å². The van der Waals surface area contributed by atoms with E-state index in [2.05, 4.69) is 0 Å². The maximum absolute atomic E-state index is 11.7. The Balaban J connectivity index is 2.14. The first-order chi connectivity index (χ1) is 7.11. The standard InChI is InChI=1S/C10H16O4S/c11-10(8-4-3-6-14-8)9-5-1-2-7-15(9,12)13/h4,9-11H,1-3,5-7H2. The highest BCUT2D eigenvalue weighted by molar-refractivity contribution is 7.92. The molecule has 15 heavy (non-hydrogen) atoms. The van der Waals surface area contributed by atoms with E-state index in [1.807, 2.05) is 0 Å². The summed E-state index contributed by atoms with van der Waals surface area (Å²) in [5.74, 6) is 0.646. The van der Waals surface area contributed by atoms with E-state index in [0.717, 1.165) is 12.8 Å². The first-order valence-electron chi connectivity index (χ1n) is 5.34. The van der Waals surface area contributed by atoms with E-state index in [0.29, 0.717) is 25.2 Å². The zero-order valence-electron chi connectivity index (χ0n) is 8.55. The van der Waals surface area contributed by atoms with Crippen LogP contribution in [0.2, 0.25) is 0 Å². The van der Waals surface area contributed by atoms with Gasteiger partial charge in [0.1, 0.15) is 11.9 Å². The Hall–Kier alpha value is -0.550. The topological polar surface area (TPSA) is 63.6 Å². The predicted molar refractivity (Wildman–Crippen MR) is 56.1 cm³/mol. The zero-order chi connectivity index (χ0) is 10.9. The maximum atomic E-state index is 11.7. The van der Waals surface area contributed by atoms with Gasteiger partial charge in [-0.25, -0.2) is 8.42 Å². The van der Waals surface area contributed by atoms with Crippen molar-refractivity contribution < 1.29 is 18.3 Å². The Morgan fingerprint density at radius 3 is 2.87 bits per heavy atom. The molecular formula is C10H16O4S. The SMILES string of the molecule is O=S1(=O)CCCCC1C(O)C1=CCCO1. The van der Waals surface area contributed by atoms with Crippen LogP contribution in [0, 0.1) is 0 Å². The Morgan fingerprint density at radius 1 is 1.47 bits per heavy atom. The summed E-state index contributed by atoms with van der Waals surface area (Å²) in [5.41, 5.74) is 0. The molecule has 0 radical (unpaired) electrons. The average molecular weight is 232 g/mol. The van der Waals surface area contributed by atoms with E-state index in [-0.39, 0.29) is 5.75 Å². The van der Waals surface area contributed by atoms with Gasteiger partial charge in [-0.1, -0.05) is 6.42 Å². The van der Waals surface area contributed by atoms with Crippen LogP contribution in [0.1, 0.15) is 25.7 Å².